The van der Waals surface area contributed by atoms with Gasteiger partial charge < -0.3 is 9.64 Å². The molecule has 2 aliphatic rings. The topological polar surface area (TPSA) is 41.6 Å². The van der Waals surface area contributed by atoms with Crippen molar-refractivity contribution < 1.29 is 9.53 Å². The molecule has 1 amide bonds. The van der Waals surface area contributed by atoms with Crippen LogP contribution in [0.15, 0.2) is 24.3 Å². The smallest absolute Gasteiger partial charge is 0.241 e. The maximum absolute atomic E-state index is 12.7. The molecular weight excluding hydrogens is 264 g/mol. The van der Waals surface area contributed by atoms with Crippen LogP contribution in [0.25, 0.3) is 0 Å². The highest BCUT2D eigenvalue weighted by Gasteiger charge is 2.44. The number of hydrogen-bond donors (Lipinski definition) is 1. The van der Waals surface area contributed by atoms with Gasteiger partial charge >= 0.3 is 0 Å². The van der Waals surface area contributed by atoms with E-state index in [4.69, 9.17) is 4.74 Å². The number of ether oxygens (including phenoxy) is 1. The molecule has 2 unspecified atom stereocenters. The fourth-order valence-electron chi connectivity index (χ4n) is 3.27. The average Bonchev–Trinajstić information content (AvgIpc) is 2.76. The first-order chi connectivity index (χ1) is 10.2. The van der Waals surface area contributed by atoms with Crippen LogP contribution in [0, 0.1) is 0 Å². The van der Waals surface area contributed by atoms with Gasteiger partial charge in [0.1, 0.15) is 11.9 Å². The molecular formula is C17H24N2O2. The van der Waals surface area contributed by atoms with E-state index in [1.165, 1.54) is 6.42 Å². The minimum absolute atomic E-state index is 0.00514. The van der Waals surface area contributed by atoms with Gasteiger partial charge in [-0.05, 0) is 43.4 Å². The third kappa shape index (κ3) is 2.64. The Hall–Kier alpha value is -1.55. The van der Waals surface area contributed by atoms with Gasteiger partial charge in [-0.25, -0.2) is 0 Å². The summed E-state index contributed by atoms with van der Waals surface area (Å²) >= 11 is 0. The normalized spacial score (nSPS) is 26.0. The van der Waals surface area contributed by atoms with Crippen LogP contribution in [0.2, 0.25) is 0 Å². The van der Waals surface area contributed by atoms with Crippen LogP contribution < -0.4 is 10.1 Å². The van der Waals surface area contributed by atoms with Crippen LogP contribution in [0.3, 0.4) is 0 Å². The molecule has 0 bridgehead atoms. The zero-order valence-corrected chi connectivity index (χ0v) is 12.8. The lowest BCUT2D eigenvalue weighted by molar-refractivity contribution is -0.134. The lowest BCUT2D eigenvalue weighted by Gasteiger charge is -2.38. The molecule has 114 valence electrons. The van der Waals surface area contributed by atoms with E-state index in [0.29, 0.717) is 6.04 Å². The molecule has 1 aliphatic carbocycles. The summed E-state index contributed by atoms with van der Waals surface area (Å²) in [7, 11) is 1.68. The molecule has 2 atom stereocenters. The minimum atomic E-state index is -0.0354. The van der Waals surface area contributed by atoms with Gasteiger partial charge in [-0.2, -0.15) is 0 Å². The van der Waals surface area contributed by atoms with Crippen LogP contribution in [0.5, 0.6) is 5.75 Å². The predicted molar refractivity (Wildman–Crippen MR) is 82.1 cm³/mol. The first kappa shape index (κ1) is 14.4. The fraction of sp³-hybridized carbons (Fsp3) is 0.588. The second-order valence-electron chi connectivity index (χ2n) is 6.02. The Morgan fingerprint density at radius 1 is 1.38 bits per heavy atom. The molecule has 0 aromatic heterocycles. The van der Waals surface area contributed by atoms with E-state index in [1.54, 1.807) is 7.11 Å². The minimum Gasteiger partial charge on any atom is -0.497 e. The first-order valence-electron chi connectivity index (χ1n) is 7.96. The molecule has 21 heavy (non-hydrogen) atoms. The van der Waals surface area contributed by atoms with Crippen LogP contribution >= 0.6 is 0 Å². The standard InChI is InChI=1S/C17H24N2O2/c1-3-6-15-17(20)19(13-8-5-9-13)16(18-15)12-7-4-10-14(11-12)21-2/h4,7,10-11,13,15-16,18H,3,5-6,8-9H2,1-2H3. The second kappa shape index (κ2) is 6.06. The van der Waals surface area contributed by atoms with Gasteiger partial charge in [0.15, 0.2) is 0 Å². The number of hydrogen-bond acceptors (Lipinski definition) is 3. The quantitative estimate of drug-likeness (QED) is 0.906. The molecule has 1 saturated carbocycles. The summed E-state index contributed by atoms with van der Waals surface area (Å²) in [5, 5.41) is 3.53. The number of nitrogens with zero attached hydrogens (tertiary/aromatic N) is 1. The van der Waals surface area contributed by atoms with Crippen molar-refractivity contribution in [1.29, 1.82) is 0 Å². The Morgan fingerprint density at radius 2 is 2.19 bits per heavy atom. The Balaban J connectivity index is 1.88. The number of rotatable bonds is 5. The van der Waals surface area contributed by atoms with Crippen molar-refractivity contribution in [3.8, 4) is 5.75 Å². The summed E-state index contributed by atoms with van der Waals surface area (Å²) in [5.41, 5.74) is 1.12. The lowest BCUT2D eigenvalue weighted by Crippen LogP contribution is -2.44. The van der Waals surface area contributed by atoms with Crippen LogP contribution in [0.4, 0.5) is 0 Å². The molecule has 0 radical (unpaired) electrons. The van der Waals surface area contributed by atoms with Crippen molar-refractivity contribution in [1.82, 2.24) is 10.2 Å². The molecule has 0 spiro atoms. The summed E-state index contributed by atoms with van der Waals surface area (Å²) < 4.78 is 5.32. The highest BCUT2D eigenvalue weighted by Crippen LogP contribution is 2.36. The molecule has 2 fully saturated rings. The number of benzene rings is 1. The Labute approximate surface area is 126 Å². The van der Waals surface area contributed by atoms with Gasteiger partial charge in [0.05, 0.1) is 13.2 Å². The molecule has 1 aromatic rings. The average molecular weight is 288 g/mol. The highest BCUT2D eigenvalue weighted by molar-refractivity contribution is 5.85. The lowest BCUT2D eigenvalue weighted by atomic mass is 9.90. The van der Waals surface area contributed by atoms with E-state index in [-0.39, 0.29) is 18.1 Å². The fourth-order valence-corrected chi connectivity index (χ4v) is 3.27. The molecule has 4 nitrogen and oxygen atoms in total. The summed E-state index contributed by atoms with van der Waals surface area (Å²) in [6.45, 7) is 2.13. The molecule has 1 aromatic carbocycles. The molecule has 1 heterocycles. The van der Waals surface area contributed by atoms with E-state index in [1.807, 2.05) is 18.2 Å². The van der Waals surface area contributed by atoms with E-state index in [2.05, 4.69) is 23.2 Å². The van der Waals surface area contributed by atoms with Crippen molar-refractivity contribution in [3.63, 3.8) is 0 Å². The summed E-state index contributed by atoms with van der Waals surface area (Å²) in [6.07, 6.45) is 5.42. The Bertz CT molecular complexity index is 513. The summed E-state index contributed by atoms with van der Waals surface area (Å²) in [5.74, 6) is 1.11. The monoisotopic (exact) mass is 288 g/mol. The maximum atomic E-state index is 12.7. The van der Waals surface area contributed by atoms with Gasteiger partial charge in [0, 0.05) is 6.04 Å². The number of nitrogens with one attached hydrogen (secondary N) is 1. The van der Waals surface area contributed by atoms with Crippen molar-refractivity contribution >= 4 is 5.91 Å². The van der Waals surface area contributed by atoms with Crippen molar-refractivity contribution in [2.45, 2.75) is 57.3 Å². The Kier molecular flexibility index (Phi) is 4.15. The second-order valence-corrected chi connectivity index (χ2v) is 6.02. The van der Waals surface area contributed by atoms with Gasteiger partial charge in [0.2, 0.25) is 5.91 Å². The number of methoxy groups -OCH3 is 1. The third-order valence-electron chi connectivity index (χ3n) is 4.64. The maximum Gasteiger partial charge on any atom is 0.241 e. The number of carbonyl (C=O) groups is 1. The van der Waals surface area contributed by atoms with Crippen molar-refractivity contribution in [2.75, 3.05) is 7.11 Å². The molecule has 1 aliphatic heterocycles. The van der Waals surface area contributed by atoms with Crippen molar-refractivity contribution in [2.24, 2.45) is 0 Å². The largest absolute Gasteiger partial charge is 0.497 e. The van der Waals surface area contributed by atoms with E-state index < -0.39 is 0 Å². The number of carbonyl (C=O) groups excluding carboxylic acids is 1. The molecule has 4 heteroatoms. The SMILES string of the molecule is CCCC1NC(c2cccc(OC)c2)N(C2CCC2)C1=O. The van der Waals surface area contributed by atoms with Crippen LogP contribution in [-0.2, 0) is 4.79 Å². The van der Waals surface area contributed by atoms with Gasteiger partial charge in [0.25, 0.3) is 0 Å². The summed E-state index contributed by atoms with van der Waals surface area (Å²) in [4.78, 5) is 14.8. The molecule has 1 saturated heterocycles. The molecule has 3 rings (SSSR count). The van der Waals surface area contributed by atoms with Crippen LogP contribution in [0.1, 0.15) is 50.8 Å². The van der Waals surface area contributed by atoms with Crippen LogP contribution in [-0.4, -0.2) is 30.0 Å². The first-order valence-corrected chi connectivity index (χ1v) is 7.96. The van der Waals surface area contributed by atoms with E-state index in [9.17, 15) is 4.79 Å². The van der Waals surface area contributed by atoms with Gasteiger partial charge in [-0.1, -0.05) is 25.5 Å². The third-order valence-corrected chi connectivity index (χ3v) is 4.64. The predicted octanol–water partition coefficient (Wildman–Crippen LogP) is 2.85. The number of amides is 1. The Morgan fingerprint density at radius 3 is 2.81 bits per heavy atom. The van der Waals surface area contributed by atoms with E-state index in [0.717, 1.165) is 37.0 Å². The van der Waals surface area contributed by atoms with Crippen molar-refractivity contribution in [3.05, 3.63) is 29.8 Å². The van der Waals surface area contributed by atoms with E-state index >= 15 is 0 Å². The molecule has 1 N–H and O–H groups in total. The highest BCUT2D eigenvalue weighted by atomic mass is 16.5. The van der Waals surface area contributed by atoms with Gasteiger partial charge in [-0.3, -0.25) is 10.1 Å². The zero-order chi connectivity index (χ0) is 14.8. The summed E-state index contributed by atoms with van der Waals surface area (Å²) in [6, 6.07) is 8.41. The van der Waals surface area contributed by atoms with Gasteiger partial charge in [-0.15, -0.1) is 0 Å². The zero-order valence-electron chi connectivity index (χ0n) is 12.8.